The van der Waals surface area contributed by atoms with Gasteiger partial charge in [-0.25, -0.2) is 4.79 Å². The molecule has 6 nitrogen and oxygen atoms in total. The van der Waals surface area contributed by atoms with Crippen molar-refractivity contribution in [2.45, 2.75) is 32.3 Å². The second-order valence-corrected chi connectivity index (χ2v) is 5.33. The number of nitriles is 1. The molecule has 1 aromatic rings. The summed E-state index contributed by atoms with van der Waals surface area (Å²) >= 11 is 0. The molecule has 1 fully saturated rings. The third-order valence-electron chi connectivity index (χ3n) is 3.63. The fourth-order valence-electron chi connectivity index (χ4n) is 2.41. The first-order valence-corrected chi connectivity index (χ1v) is 7.06. The van der Waals surface area contributed by atoms with Crippen molar-refractivity contribution in [3.05, 3.63) is 23.5 Å². The van der Waals surface area contributed by atoms with Crippen molar-refractivity contribution in [3.8, 4) is 6.07 Å². The summed E-state index contributed by atoms with van der Waals surface area (Å²) < 4.78 is 6.94. The van der Waals surface area contributed by atoms with Gasteiger partial charge < -0.3 is 14.2 Å². The first kappa shape index (κ1) is 15.1. The molecule has 2 heterocycles. The van der Waals surface area contributed by atoms with Crippen molar-refractivity contribution in [3.63, 3.8) is 0 Å². The number of aryl methyl sites for hydroxylation is 1. The lowest BCUT2D eigenvalue weighted by Crippen LogP contribution is -2.29. The summed E-state index contributed by atoms with van der Waals surface area (Å²) in [6, 6.07) is 3.50. The van der Waals surface area contributed by atoms with Crippen molar-refractivity contribution >= 4 is 11.9 Å². The van der Waals surface area contributed by atoms with E-state index in [0.29, 0.717) is 30.6 Å². The van der Waals surface area contributed by atoms with Gasteiger partial charge in [0.25, 0.3) is 0 Å². The van der Waals surface area contributed by atoms with Gasteiger partial charge in [0, 0.05) is 39.2 Å². The summed E-state index contributed by atoms with van der Waals surface area (Å²) in [5.41, 5.74) is 0.787. The molecule has 0 saturated carbocycles. The minimum Gasteiger partial charge on any atom is -0.458 e. The fourth-order valence-corrected chi connectivity index (χ4v) is 2.41. The Morgan fingerprint density at radius 2 is 2.33 bits per heavy atom. The molecule has 0 aliphatic carbocycles. The minimum absolute atomic E-state index is 0.176. The zero-order valence-electron chi connectivity index (χ0n) is 12.3. The van der Waals surface area contributed by atoms with Gasteiger partial charge in [0.2, 0.25) is 5.91 Å². The predicted octanol–water partition coefficient (Wildman–Crippen LogP) is 1.45. The largest absolute Gasteiger partial charge is 0.458 e. The Morgan fingerprint density at radius 3 is 2.90 bits per heavy atom. The Balaban J connectivity index is 1.85. The molecule has 6 heteroatoms. The number of nitrogens with zero attached hydrogens (tertiary/aromatic N) is 3. The molecule has 1 aliphatic rings. The van der Waals surface area contributed by atoms with E-state index in [1.165, 1.54) is 6.07 Å². The number of carbonyl (C=O) groups excluding carboxylic acids is 2. The number of hydrogen-bond donors (Lipinski definition) is 0. The molecule has 0 bridgehead atoms. The summed E-state index contributed by atoms with van der Waals surface area (Å²) in [6.45, 7) is 3.22. The summed E-state index contributed by atoms with van der Waals surface area (Å²) in [4.78, 5) is 25.3. The fraction of sp³-hybridized carbons (Fsp3) is 0.533. The Morgan fingerprint density at radius 1 is 1.57 bits per heavy atom. The van der Waals surface area contributed by atoms with Crippen LogP contribution in [0.3, 0.4) is 0 Å². The number of amides is 1. The molecular formula is C15H19N3O3. The van der Waals surface area contributed by atoms with E-state index in [0.717, 1.165) is 13.0 Å². The summed E-state index contributed by atoms with van der Waals surface area (Å²) in [6.07, 6.45) is 3.46. The normalized spacial score (nSPS) is 15.9. The van der Waals surface area contributed by atoms with E-state index in [-0.39, 0.29) is 12.0 Å². The molecular weight excluding hydrogens is 270 g/mol. The summed E-state index contributed by atoms with van der Waals surface area (Å²) in [5.74, 6) is -0.270. The second-order valence-electron chi connectivity index (χ2n) is 5.33. The summed E-state index contributed by atoms with van der Waals surface area (Å²) in [5, 5.41) is 8.82. The monoisotopic (exact) mass is 289 g/mol. The van der Waals surface area contributed by atoms with Crippen LogP contribution in [0.1, 0.15) is 42.2 Å². The van der Waals surface area contributed by atoms with Crippen molar-refractivity contribution in [1.29, 1.82) is 5.26 Å². The van der Waals surface area contributed by atoms with E-state index in [2.05, 4.69) is 0 Å². The van der Waals surface area contributed by atoms with E-state index >= 15 is 0 Å². The summed E-state index contributed by atoms with van der Waals surface area (Å²) in [7, 11) is 1.70. The van der Waals surface area contributed by atoms with Gasteiger partial charge in [-0.3, -0.25) is 4.79 Å². The number of esters is 1. The number of ether oxygens (including phenoxy) is 1. The molecule has 0 unspecified atom stereocenters. The maximum Gasteiger partial charge on any atom is 0.355 e. The number of aromatic nitrogens is 1. The third-order valence-corrected chi connectivity index (χ3v) is 3.63. The number of rotatable bonds is 5. The van der Waals surface area contributed by atoms with E-state index in [4.69, 9.17) is 10.00 Å². The quantitative estimate of drug-likeness (QED) is 0.769. The van der Waals surface area contributed by atoms with Gasteiger partial charge in [-0.15, -0.1) is 0 Å². The molecule has 1 amide bonds. The lowest BCUT2D eigenvalue weighted by atomic mass is 10.2. The van der Waals surface area contributed by atoms with Crippen molar-refractivity contribution < 1.29 is 14.3 Å². The van der Waals surface area contributed by atoms with E-state index in [9.17, 15) is 9.59 Å². The Labute approximate surface area is 123 Å². The van der Waals surface area contributed by atoms with Gasteiger partial charge in [0.1, 0.15) is 17.9 Å². The SMILES string of the molecule is C[C@@H](CCN1CCCC1=O)OC(=O)c1cc(C#N)cn1C. The molecule has 1 saturated heterocycles. The standard InChI is InChI=1S/C15H19N3O3/c1-11(5-7-18-6-3-4-14(18)19)21-15(20)13-8-12(9-16)10-17(13)2/h8,10-11H,3-7H2,1-2H3/t11-/m0/s1. The maximum atomic E-state index is 12.0. The molecule has 1 aliphatic heterocycles. The molecule has 21 heavy (non-hydrogen) atoms. The predicted molar refractivity (Wildman–Crippen MR) is 75.4 cm³/mol. The molecule has 0 spiro atoms. The van der Waals surface area contributed by atoms with Gasteiger partial charge in [0.15, 0.2) is 0 Å². The first-order valence-electron chi connectivity index (χ1n) is 7.06. The topological polar surface area (TPSA) is 75.3 Å². The van der Waals surface area contributed by atoms with Gasteiger partial charge in [-0.1, -0.05) is 0 Å². The van der Waals surface area contributed by atoms with E-state index < -0.39 is 5.97 Å². The van der Waals surface area contributed by atoms with Crippen LogP contribution in [0.5, 0.6) is 0 Å². The van der Waals surface area contributed by atoms with Crippen LogP contribution in [0.25, 0.3) is 0 Å². The number of hydrogen-bond acceptors (Lipinski definition) is 4. The zero-order chi connectivity index (χ0) is 15.4. The highest BCUT2D eigenvalue weighted by atomic mass is 16.5. The number of likely N-dealkylation sites (tertiary alicyclic amines) is 1. The van der Waals surface area contributed by atoms with Gasteiger partial charge in [0.05, 0.1) is 5.56 Å². The smallest absolute Gasteiger partial charge is 0.355 e. The second kappa shape index (κ2) is 6.44. The molecule has 0 N–H and O–H groups in total. The third kappa shape index (κ3) is 3.63. The van der Waals surface area contributed by atoms with Crippen LogP contribution in [0.15, 0.2) is 12.3 Å². The van der Waals surface area contributed by atoms with Gasteiger partial charge >= 0.3 is 5.97 Å². The van der Waals surface area contributed by atoms with Gasteiger partial charge in [-0.2, -0.15) is 5.26 Å². The molecule has 1 atom stereocenters. The molecule has 112 valence electrons. The lowest BCUT2D eigenvalue weighted by molar-refractivity contribution is -0.127. The maximum absolute atomic E-state index is 12.0. The Bertz CT molecular complexity index is 585. The van der Waals surface area contributed by atoms with Crippen molar-refractivity contribution in [2.75, 3.05) is 13.1 Å². The Kier molecular flexibility index (Phi) is 4.63. The van der Waals surface area contributed by atoms with Crippen LogP contribution in [-0.2, 0) is 16.6 Å². The molecule has 0 radical (unpaired) electrons. The number of carbonyl (C=O) groups is 2. The lowest BCUT2D eigenvalue weighted by Gasteiger charge is -2.19. The Hall–Kier alpha value is -2.29. The highest BCUT2D eigenvalue weighted by Crippen LogP contribution is 2.13. The van der Waals surface area contributed by atoms with Crippen LogP contribution >= 0.6 is 0 Å². The van der Waals surface area contributed by atoms with Crippen LogP contribution < -0.4 is 0 Å². The van der Waals surface area contributed by atoms with Crippen molar-refractivity contribution in [2.24, 2.45) is 7.05 Å². The minimum atomic E-state index is -0.445. The van der Waals surface area contributed by atoms with Crippen LogP contribution in [0.4, 0.5) is 0 Å². The highest BCUT2D eigenvalue weighted by Gasteiger charge is 2.22. The zero-order valence-corrected chi connectivity index (χ0v) is 12.3. The van der Waals surface area contributed by atoms with E-state index in [1.807, 2.05) is 13.0 Å². The average Bonchev–Trinajstić information content (AvgIpc) is 3.02. The van der Waals surface area contributed by atoms with E-state index in [1.54, 1.807) is 22.7 Å². The van der Waals surface area contributed by atoms with Crippen LogP contribution in [-0.4, -0.2) is 40.5 Å². The average molecular weight is 289 g/mol. The van der Waals surface area contributed by atoms with Crippen LogP contribution in [0, 0.1) is 11.3 Å². The molecule has 1 aromatic heterocycles. The van der Waals surface area contributed by atoms with Gasteiger partial charge in [-0.05, 0) is 19.4 Å². The molecule has 0 aromatic carbocycles. The molecule has 2 rings (SSSR count). The highest BCUT2D eigenvalue weighted by molar-refractivity contribution is 5.88. The van der Waals surface area contributed by atoms with Crippen molar-refractivity contribution in [1.82, 2.24) is 9.47 Å². The first-order chi connectivity index (χ1) is 10.0. The van der Waals surface area contributed by atoms with Crippen LogP contribution in [0.2, 0.25) is 0 Å².